The molecule has 3 aromatic carbocycles. The first-order valence-electron chi connectivity index (χ1n) is 9.86. The lowest BCUT2D eigenvalue weighted by Gasteiger charge is -2.43. The van der Waals surface area contributed by atoms with Gasteiger partial charge in [0.05, 0.1) is 6.04 Å². The molecule has 1 saturated heterocycles. The molecule has 4 rings (SSSR count). The van der Waals surface area contributed by atoms with Gasteiger partial charge in [0.15, 0.2) is 0 Å². The van der Waals surface area contributed by atoms with Crippen LogP contribution in [0.4, 0.5) is 0 Å². The minimum atomic E-state index is -0.218. The van der Waals surface area contributed by atoms with Crippen LogP contribution in [0.15, 0.2) is 84.9 Å². The summed E-state index contributed by atoms with van der Waals surface area (Å²) in [6, 6.07) is 30.5. The van der Waals surface area contributed by atoms with Crippen molar-refractivity contribution in [3.63, 3.8) is 0 Å². The number of nitrogens with zero attached hydrogens (tertiary/aromatic N) is 1. The number of hydrogen-bond acceptors (Lipinski definition) is 2. The molecule has 2 heteroatoms. The van der Waals surface area contributed by atoms with E-state index < -0.39 is 0 Å². The van der Waals surface area contributed by atoms with Crippen LogP contribution in [0.5, 0.6) is 0 Å². The van der Waals surface area contributed by atoms with E-state index in [9.17, 15) is 0 Å². The van der Waals surface area contributed by atoms with Gasteiger partial charge in [0.1, 0.15) is 0 Å². The second-order valence-corrected chi connectivity index (χ2v) is 7.73. The fraction of sp³-hybridized carbons (Fsp3) is 0.280. The van der Waals surface area contributed by atoms with Crippen molar-refractivity contribution in [2.24, 2.45) is 5.73 Å². The summed E-state index contributed by atoms with van der Waals surface area (Å²) in [5, 5.41) is 0. The number of hydrogen-bond donors (Lipinski definition) is 1. The zero-order chi connectivity index (χ0) is 18.7. The summed E-state index contributed by atoms with van der Waals surface area (Å²) in [4.78, 5) is 2.60. The number of benzene rings is 3. The Labute approximate surface area is 162 Å². The Morgan fingerprint density at radius 3 is 1.96 bits per heavy atom. The van der Waals surface area contributed by atoms with Crippen LogP contribution < -0.4 is 5.73 Å². The third-order valence-corrected chi connectivity index (χ3v) is 6.00. The van der Waals surface area contributed by atoms with Gasteiger partial charge in [-0.25, -0.2) is 0 Å². The number of aryl methyl sites for hydroxylation is 1. The Bertz CT molecular complexity index is 865. The van der Waals surface area contributed by atoms with Gasteiger partial charge in [-0.05, 0) is 42.0 Å². The highest BCUT2D eigenvalue weighted by Crippen LogP contribution is 2.37. The second kappa shape index (κ2) is 7.67. The average molecular weight is 357 g/mol. The molecule has 0 spiro atoms. The largest absolute Gasteiger partial charge is 0.321 e. The van der Waals surface area contributed by atoms with Crippen molar-refractivity contribution in [1.29, 1.82) is 0 Å². The molecule has 1 unspecified atom stereocenters. The molecule has 0 aromatic heterocycles. The van der Waals surface area contributed by atoms with E-state index in [0.717, 1.165) is 25.9 Å². The standard InChI is InChI=1S/C25H28N2/c1-20-10-8-9-15-23(20)24(21-11-4-2-5-12-21)27-18-16-25(26,17-19-27)22-13-6-3-7-14-22/h2-15,24H,16-19,26H2,1H3. The van der Waals surface area contributed by atoms with Gasteiger partial charge in [-0.15, -0.1) is 0 Å². The molecule has 1 heterocycles. The van der Waals surface area contributed by atoms with Crippen molar-refractivity contribution in [1.82, 2.24) is 4.90 Å². The van der Waals surface area contributed by atoms with Crippen molar-refractivity contribution < 1.29 is 0 Å². The summed E-state index contributed by atoms with van der Waals surface area (Å²) >= 11 is 0. The molecule has 0 amide bonds. The van der Waals surface area contributed by atoms with Gasteiger partial charge in [0, 0.05) is 18.6 Å². The van der Waals surface area contributed by atoms with E-state index in [4.69, 9.17) is 5.73 Å². The summed E-state index contributed by atoms with van der Waals surface area (Å²) in [7, 11) is 0. The van der Waals surface area contributed by atoms with Gasteiger partial charge in [0.25, 0.3) is 0 Å². The van der Waals surface area contributed by atoms with Gasteiger partial charge >= 0.3 is 0 Å². The molecule has 138 valence electrons. The van der Waals surface area contributed by atoms with Crippen LogP contribution in [-0.2, 0) is 5.54 Å². The van der Waals surface area contributed by atoms with E-state index in [1.54, 1.807) is 0 Å². The molecule has 1 fully saturated rings. The third-order valence-electron chi connectivity index (χ3n) is 6.00. The number of likely N-dealkylation sites (tertiary alicyclic amines) is 1. The Kier molecular flexibility index (Phi) is 5.11. The van der Waals surface area contributed by atoms with Crippen molar-refractivity contribution in [2.75, 3.05) is 13.1 Å². The van der Waals surface area contributed by atoms with Crippen LogP contribution >= 0.6 is 0 Å². The van der Waals surface area contributed by atoms with E-state index in [-0.39, 0.29) is 11.6 Å². The maximum absolute atomic E-state index is 6.82. The molecule has 27 heavy (non-hydrogen) atoms. The molecule has 0 radical (unpaired) electrons. The van der Waals surface area contributed by atoms with E-state index >= 15 is 0 Å². The minimum absolute atomic E-state index is 0.218. The Morgan fingerprint density at radius 2 is 1.33 bits per heavy atom. The third kappa shape index (κ3) is 3.69. The predicted molar refractivity (Wildman–Crippen MR) is 113 cm³/mol. The molecular formula is C25H28N2. The van der Waals surface area contributed by atoms with E-state index in [1.165, 1.54) is 22.3 Å². The fourth-order valence-corrected chi connectivity index (χ4v) is 4.36. The van der Waals surface area contributed by atoms with Crippen LogP contribution in [0.1, 0.15) is 41.1 Å². The van der Waals surface area contributed by atoms with Crippen LogP contribution in [0, 0.1) is 6.92 Å². The number of nitrogens with two attached hydrogens (primary N) is 1. The Hall–Kier alpha value is -2.42. The maximum Gasteiger partial charge on any atom is 0.0604 e. The van der Waals surface area contributed by atoms with E-state index in [2.05, 4.69) is 96.8 Å². The first-order valence-corrected chi connectivity index (χ1v) is 9.86. The van der Waals surface area contributed by atoms with E-state index in [0.29, 0.717) is 0 Å². The average Bonchev–Trinajstić information content (AvgIpc) is 2.73. The summed E-state index contributed by atoms with van der Waals surface area (Å²) in [6.45, 7) is 4.21. The van der Waals surface area contributed by atoms with Crippen LogP contribution in [0.3, 0.4) is 0 Å². The lowest BCUT2D eigenvalue weighted by atomic mass is 9.80. The predicted octanol–water partition coefficient (Wildman–Crippen LogP) is 5.03. The molecule has 2 nitrogen and oxygen atoms in total. The van der Waals surface area contributed by atoms with Crippen molar-refractivity contribution in [2.45, 2.75) is 31.3 Å². The normalized spacial score (nSPS) is 18.1. The van der Waals surface area contributed by atoms with Gasteiger partial charge in [0.2, 0.25) is 0 Å². The number of rotatable bonds is 4. The zero-order valence-electron chi connectivity index (χ0n) is 16.0. The minimum Gasteiger partial charge on any atom is -0.321 e. The number of piperidine rings is 1. The lowest BCUT2D eigenvalue weighted by Crippen LogP contribution is -2.49. The summed E-state index contributed by atoms with van der Waals surface area (Å²) in [5.41, 5.74) is 12.0. The lowest BCUT2D eigenvalue weighted by molar-refractivity contribution is 0.132. The van der Waals surface area contributed by atoms with E-state index in [1.807, 2.05) is 0 Å². The highest BCUT2D eigenvalue weighted by atomic mass is 15.2. The second-order valence-electron chi connectivity index (χ2n) is 7.73. The van der Waals surface area contributed by atoms with Crippen molar-refractivity contribution in [3.05, 3.63) is 107 Å². The monoisotopic (exact) mass is 356 g/mol. The smallest absolute Gasteiger partial charge is 0.0604 e. The summed E-state index contributed by atoms with van der Waals surface area (Å²) in [6.07, 6.45) is 1.96. The Balaban J connectivity index is 1.62. The molecule has 0 aliphatic carbocycles. The molecular weight excluding hydrogens is 328 g/mol. The summed E-state index contributed by atoms with van der Waals surface area (Å²) in [5.74, 6) is 0. The van der Waals surface area contributed by atoms with Crippen LogP contribution in [0.2, 0.25) is 0 Å². The maximum atomic E-state index is 6.82. The van der Waals surface area contributed by atoms with Gasteiger partial charge in [-0.3, -0.25) is 4.90 Å². The molecule has 0 saturated carbocycles. The molecule has 3 aromatic rings. The quantitative estimate of drug-likeness (QED) is 0.710. The van der Waals surface area contributed by atoms with Gasteiger partial charge < -0.3 is 5.73 Å². The van der Waals surface area contributed by atoms with Gasteiger partial charge in [-0.1, -0.05) is 84.9 Å². The van der Waals surface area contributed by atoms with Crippen molar-refractivity contribution >= 4 is 0 Å². The fourth-order valence-electron chi connectivity index (χ4n) is 4.36. The zero-order valence-corrected chi connectivity index (χ0v) is 16.0. The highest BCUT2D eigenvalue weighted by molar-refractivity contribution is 5.37. The Morgan fingerprint density at radius 1 is 0.778 bits per heavy atom. The highest BCUT2D eigenvalue weighted by Gasteiger charge is 2.35. The van der Waals surface area contributed by atoms with Crippen molar-refractivity contribution in [3.8, 4) is 0 Å². The summed E-state index contributed by atoms with van der Waals surface area (Å²) < 4.78 is 0. The molecule has 2 N–H and O–H groups in total. The topological polar surface area (TPSA) is 29.3 Å². The first kappa shape index (κ1) is 18.0. The molecule has 1 aliphatic heterocycles. The molecule has 1 aliphatic rings. The first-order chi connectivity index (χ1) is 13.2. The van der Waals surface area contributed by atoms with Crippen LogP contribution in [-0.4, -0.2) is 18.0 Å². The van der Waals surface area contributed by atoms with Crippen LogP contribution in [0.25, 0.3) is 0 Å². The molecule has 0 bridgehead atoms. The SMILES string of the molecule is Cc1ccccc1C(c1ccccc1)N1CCC(N)(c2ccccc2)CC1. The molecule has 1 atom stereocenters. The van der Waals surface area contributed by atoms with Gasteiger partial charge in [-0.2, -0.15) is 0 Å².